The van der Waals surface area contributed by atoms with Gasteiger partial charge in [-0.2, -0.15) is 0 Å². The first-order valence-corrected chi connectivity index (χ1v) is 19.5. The molecule has 11 rings (SSSR count). The number of hydrogen-bond donors (Lipinski definition) is 2. The Labute approximate surface area is 342 Å². The molecule has 4 N–H and O–H groups in total. The molecule has 0 amide bonds. The van der Waals surface area contributed by atoms with Crippen LogP contribution in [-0.4, -0.2) is 28.3 Å². The number of pyridine rings is 2. The molecule has 0 bridgehead atoms. The van der Waals surface area contributed by atoms with E-state index in [0.29, 0.717) is 10.8 Å². The minimum atomic E-state index is -0.441. The fourth-order valence-electron chi connectivity index (χ4n) is 7.45. The standard InChI is InChI=1S/C21H14N2O.C18H20BNO3.C9H6ClN.H/c22-15-7-4-10-19-21(15)20-14(6-3-9-18(20)24-19)17-12-11-13-5-1-2-8-16(13)23-17;1-17(2)18(3,4)23-19(22-17)11-7-5-9-13-15(11)16-12(20)8-6-10-14(16)21-13;10-9-6-5-7-3-1-2-4-8(7)11-9;/h1-12H,22H2;5-10H,20H2,1-4H3;1-6H;/q;;;-1/i;;;1+1. The highest BCUT2D eigenvalue weighted by Crippen LogP contribution is 2.40. The number of hydrogen-bond acceptors (Lipinski definition) is 8. The summed E-state index contributed by atoms with van der Waals surface area (Å²) in [6.07, 6.45) is 0. The number of halogens is 1. The van der Waals surface area contributed by atoms with E-state index in [9.17, 15) is 0 Å². The summed E-state index contributed by atoms with van der Waals surface area (Å²) in [6, 6.07) is 47.4. The number of nitrogens with two attached hydrogens (primary N) is 2. The van der Waals surface area contributed by atoms with E-state index in [1.807, 2.05) is 115 Å². The van der Waals surface area contributed by atoms with Crippen molar-refractivity contribution in [2.24, 2.45) is 0 Å². The smallest absolute Gasteiger partial charge is 0.495 e. The number of benzene rings is 6. The quantitative estimate of drug-likeness (QED) is 0.101. The molecule has 0 saturated carbocycles. The third kappa shape index (κ3) is 6.67. The second kappa shape index (κ2) is 14.5. The average molecular weight is 785 g/mol. The van der Waals surface area contributed by atoms with Crippen LogP contribution in [0.3, 0.4) is 0 Å². The van der Waals surface area contributed by atoms with Gasteiger partial charge >= 0.3 is 7.12 Å². The molecule has 1 aliphatic rings. The van der Waals surface area contributed by atoms with Crippen molar-refractivity contribution in [2.45, 2.75) is 38.9 Å². The van der Waals surface area contributed by atoms with Gasteiger partial charge in [-0.15, -0.1) is 0 Å². The minimum Gasteiger partial charge on any atom is -1.00 e. The molecule has 5 heterocycles. The molecule has 1 saturated heterocycles. The molecule has 10 heteroatoms. The summed E-state index contributed by atoms with van der Waals surface area (Å²) in [4.78, 5) is 8.97. The molecule has 0 unspecified atom stereocenters. The number of furan rings is 2. The summed E-state index contributed by atoms with van der Waals surface area (Å²) in [5, 5.41) is 6.67. The van der Waals surface area contributed by atoms with Crippen molar-refractivity contribution in [1.29, 1.82) is 0 Å². The zero-order chi connectivity index (χ0) is 40.2. The van der Waals surface area contributed by atoms with Gasteiger partial charge in [0, 0.05) is 38.5 Å². The number of nitrogens with zero attached hydrogens (tertiary/aromatic N) is 2. The van der Waals surface area contributed by atoms with Crippen LogP contribution in [0.1, 0.15) is 29.1 Å². The fraction of sp³-hybridized carbons (Fsp3) is 0.125. The largest absolute Gasteiger partial charge is 1.00 e. The maximum absolute atomic E-state index is 6.22. The van der Waals surface area contributed by atoms with Crippen molar-refractivity contribution >= 4 is 101 Å². The lowest BCUT2D eigenvalue weighted by atomic mass is 9.76. The highest BCUT2D eigenvalue weighted by molar-refractivity contribution is 6.66. The van der Waals surface area contributed by atoms with Crippen molar-refractivity contribution < 1.29 is 19.6 Å². The van der Waals surface area contributed by atoms with Crippen LogP contribution in [0.25, 0.3) is 76.9 Å². The Morgan fingerprint density at radius 3 is 1.60 bits per heavy atom. The van der Waals surface area contributed by atoms with Crippen molar-refractivity contribution in [2.75, 3.05) is 11.5 Å². The Bertz CT molecular complexity index is 3150. The molecular weight excluding hydrogens is 743 g/mol. The summed E-state index contributed by atoms with van der Waals surface area (Å²) in [7, 11) is -0.441. The monoisotopic (exact) mass is 784 g/mol. The van der Waals surface area contributed by atoms with Gasteiger partial charge in [0.25, 0.3) is 0 Å². The maximum Gasteiger partial charge on any atom is 0.495 e. The maximum atomic E-state index is 6.22. The lowest BCUT2D eigenvalue weighted by Gasteiger charge is -2.32. The fourth-order valence-corrected chi connectivity index (χ4v) is 7.60. The molecule has 0 radical (unpaired) electrons. The topological polar surface area (TPSA) is 123 Å². The Balaban J connectivity index is 0.000000130. The van der Waals surface area contributed by atoms with E-state index < -0.39 is 7.12 Å². The Kier molecular flexibility index (Phi) is 9.32. The highest BCUT2D eigenvalue weighted by Gasteiger charge is 2.52. The van der Waals surface area contributed by atoms with Crippen molar-refractivity contribution in [3.63, 3.8) is 0 Å². The second-order valence-electron chi connectivity index (χ2n) is 15.3. The molecule has 288 valence electrons. The average Bonchev–Trinajstić information content (AvgIpc) is 3.87. The van der Waals surface area contributed by atoms with Crippen LogP contribution < -0.4 is 16.9 Å². The second-order valence-corrected chi connectivity index (χ2v) is 15.7. The van der Waals surface area contributed by atoms with Crippen molar-refractivity contribution in [1.82, 2.24) is 9.97 Å². The van der Waals surface area contributed by atoms with Gasteiger partial charge < -0.3 is 31.0 Å². The molecule has 58 heavy (non-hydrogen) atoms. The Hall–Kier alpha value is -6.39. The van der Waals surface area contributed by atoms with Crippen molar-refractivity contribution in [3.8, 4) is 11.3 Å². The zero-order valence-corrected chi connectivity index (χ0v) is 33.2. The molecule has 1 fully saturated rings. The lowest BCUT2D eigenvalue weighted by molar-refractivity contribution is 0.00578. The predicted molar refractivity (Wildman–Crippen MR) is 241 cm³/mol. The third-order valence-electron chi connectivity index (χ3n) is 11.1. The van der Waals surface area contributed by atoms with Gasteiger partial charge in [0.1, 0.15) is 27.5 Å². The van der Waals surface area contributed by atoms with Crippen molar-refractivity contribution in [3.05, 3.63) is 151 Å². The van der Waals surface area contributed by atoms with Gasteiger partial charge in [0.2, 0.25) is 0 Å². The van der Waals surface area contributed by atoms with Crippen LogP contribution in [0.15, 0.2) is 154 Å². The normalized spacial score (nSPS) is 14.5. The predicted octanol–water partition coefficient (Wildman–Crippen LogP) is 11.9. The zero-order valence-electron chi connectivity index (χ0n) is 33.5. The first-order valence-electron chi connectivity index (χ1n) is 19.1. The summed E-state index contributed by atoms with van der Waals surface area (Å²) >= 11 is 5.71. The third-order valence-corrected chi connectivity index (χ3v) is 11.3. The summed E-state index contributed by atoms with van der Waals surface area (Å²) in [6.45, 7) is 8.20. The summed E-state index contributed by atoms with van der Waals surface area (Å²) < 4.78 is 24.3. The van der Waals surface area contributed by atoms with E-state index in [1.165, 1.54) is 0 Å². The lowest BCUT2D eigenvalue weighted by Crippen LogP contribution is -2.41. The van der Waals surface area contributed by atoms with Gasteiger partial charge in [-0.1, -0.05) is 90.5 Å². The van der Waals surface area contributed by atoms with Gasteiger partial charge in [-0.05, 0) is 99.9 Å². The molecule has 1 aliphatic heterocycles. The molecule has 8 nitrogen and oxygen atoms in total. The number of anilines is 2. The molecular formula is C48H41BClN4O4-. The van der Waals surface area contributed by atoms with Gasteiger partial charge in [-0.3, -0.25) is 0 Å². The van der Waals surface area contributed by atoms with E-state index in [1.54, 1.807) is 6.07 Å². The van der Waals surface area contributed by atoms with Gasteiger partial charge in [-0.25, -0.2) is 9.97 Å². The number of para-hydroxylation sites is 2. The molecule has 0 aliphatic carbocycles. The molecule has 6 aromatic carbocycles. The van der Waals surface area contributed by atoms with Crippen LogP contribution in [0, 0.1) is 0 Å². The van der Waals surface area contributed by atoms with Crippen LogP contribution in [0.2, 0.25) is 5.15 Å². The van der Waals surface area contributed by atoms with E-state index in [-0.39, 0.29) is 12.6 Å². The van der Waals surface area contributed by atoms with Crippen LogP contribution >= 0.6 is 11.6 Å². The first-order chi connectivity index (χ1) is 28.0. The molecule has 0 atom stereocenters. The number of fused-ring (bicyclic) bond motifs is 8. The Morgan fingerprint density at radius 2 is 0.983 bits per heavy atom. The SMILES string of the molecule is CC1(C)OB(c2cccc3oc4cccc(N)c4c23)OC1(C)C.Clc1ccc2ccccc2n1.Nc1cccc2oc3cccc(-c4ccc5ccccc5n4)c3c12.[2H-]. The first kappa shape index (κ1) is 37.2. The Morgan fingerprint density at radius 1 is 0.500 bits per heavy atom. The van der Waals surface area contributed by atoms with E-state index in [0.717, 1.165) is 88.1 Å². The summed E-state index contributed by atoms with van der Waals surface area (Å²) in [5.74, 6) is 0. The number of rotatable bonds is 2. The van der Waals surface area contributed by atoms with Crippen LogP contribution in [0.5, 0.6) is 0 Å². The van der Waals surface area contributed by atoms with Gasteiger partial charge in [0.15, 0.2) is 0 Å². The highest BCUT2D eigenvalue weighted by atomic mass is 35.5. The minimum absolute atomic E-state index is 0. The molecule has 0 spiro atoms. The van der Waals surface area contributed by atoms with Gasteiger partial charge in [0.05, 0.1) is 38.7 Å². The van der Waals surface area contributed by atoms with E-state index in [2.05, 4.69) is 56.9 Å². The number of aromatic nitrogens is 2. The summed E-state index contributed by atoms with van der Waals surface area (Å²) in [5.41, 5.74) is 21.1. The van der Waals surface area contributed by atoms with E-state index in [4.69, 9.17) is 46.2 Å². The van der Waals surface area contributed by atoms with E-state index >= 15 is 0 Å². The molecule has 4 aromatic heterocycles. The number of nitrogen functional groups attached to an aromatic ring is 2. The van der Waals surface area contributed by atoms with Crippen LogP contribution in [-0.2, 0) is 9.31 Å². The van der Waals surface area contributed by atoms with Crippen LogP contribution in [0.4, 0.5) is 11.4 Å². The molecule has 10 aromatic rings.